The molecule has 0 saturated carbocycles. The van der Waals surface area contributed by atoms with E-state index in [9.17, 15) is 5.11 Å². The Morgan fingerprint density at radius 3 is 2.71 bits per heavy atom. The number of aromatic nitrogens is 1. The lowest BCUT2D eigenvalue weighted by Gasteiger charge is -2.16. The van der Waals surface area contributed by atoms with Crippen LogP contribution >= 0.6 is 0 Å². The average Bonchev–Trinajstić information content (AvgIpc) is 2.78. The minimum Gasteiger partial charge on any atom is -0.496 e. The van der Waals surface area contributed by atoms with Crippen LogP contribution in [0.3, 0.4) is 0 Å². The van der Waals surface area contributed by atoms with Gasteiger partial charge in [-0.2, -0.15) is 0 Å². The molecule has 0 fully saturated rings. The largest absolute Gasteiger partial charge is 0.496 e. The number of nitrogens with one attached hydrogen (secondary N) is 1. The van der Waals surface area contributed by atoms with Crippen molar-refractivity contribution < 1.29 is 14.4 Å². The van der Waals surface area contributed by atoms with E-state index < -0.39 is 6.10 Å². The zero-order chi connectivity index (χ0) is 15.4. The Morgan fingerprint density at radius 1 is 1.33 bits per heavy atom. The highest BCUT2D eigenvalue weighted by atomic mass is 16.5. The van der Waals surface area contributed by atoms with Gasteiger partial charge in [-0.05, 0) is 32.9 Å². The Balaban J connectivity index is 1.99. The summed E-state index contributed by atoms with van der Waals surface area (Å²) in [4.78, 5) is 0. The Hall–Kier alpha value is -1.85. The number of aliphatic hydroxyl groups excluding tert-OH is 1. The molecule has 2 aromatic rings. The fourth-order valence-electron chi connectivity index (χ4n) is 2.31. The summed E-state index contributed by atoms with van der Waals surface area (Å²) in [5.74, 6) is 1.51. The third-order valence-corrected chi connectivity index (χ3v) is 3.56. The molecule has 1 heterocycles. The van der Waals surface area contributed by atoms with E-state index in [0.717, 1.165) is 28.1 Å². The van der Waals surface area contributed by atoms with E-state index in [0.29, 0.717) is 18.8 Å². The normalized spacial score (nSPS) is 12.4. The molecule has 2 rings (SSSR count). The smallest absolute Gasteiger partial charge is 0.138 e. The van der Waals surface area contributed by atoms with E-state index in [4.69, 9.17) is 9.26 Å². The summed E-state index contributed by atoms with van der Waals surface area (Å²) in [5.41, 5.74) is 3.81. The van der Waals surface area contributed by atoms with Crippen LogP contribution in [0.1, 0.15) is 34.2 Å². The summed E-state index contributed by atoms with van der Waals surface area (Å²) in [6.45, 7) is 6.84. The monoisotopic (exact) mass is 290 g/mol. The third kappa shape index (κ3) is 3.62. The Labute approximate surface area is 124 Å². The summed E-state index contributed by atoms with van der Waals surface area (Å²) in [5, 5.41) is 17.5. The van der Waals surface area contributed by atoms with Gasteiger partial charge >= 0.3 is 0 Å². The van der Waals surface area contributed by atoms with Crippen molar-refractivity contribution in [3.05, 3.63) is 46.3 Å². The number of hydrogen-bond acceptors (Lipinski definition) is 5. The lowest BCUT2D eigenvalue weighted by molar-refractivity contribution is 0.170. The Bertz CT molecular complexity index is 588. The van der Waals surface area contributed by atoms with Gasteiger partial charge < -0.3 is 19.7 Å². The highest BCUT2D eigenvalue weighted by Gasteiger charge is 2.14. The SMILES string of the molecule is COc1ccc(C)cc1C(O)CNCc1c(C)noc1C. The molecule has 0 spiro atoms. The summed E-state index contributed by atoms with van der Waals surface area (Å²) in [6.07, 6.45) is -0.625. The second kappa shape index (κ2) is 6.74. The van der Waals surface area contributed by atoms with Gasteiger partial charge in [0.2, 0.25) is 0 Å². The van der Waals surface area contributed by atoms with Gasteiger partial charge in [-0.3, -0.25) is 0 Å². The highest BCUT2D eigenvalue weighted by molar-refractivity contribution is 5.38. The van der Waals surface area contributed by atoms with E-state index >= 15 is 0 Å². The molecule has 0 aliphatic rings. The number of benzene rings is 1. The van der Waals surface area contributed by atoms with Crippen LogP contribution in [0.2, 0.25) is 0 Å². The summed E-state index contributed by atoms with van der Waals surface area (Å²) in [6, 6.07) is 5.79. The average molecular weight is 290 g/mol. The molecule has 0 bridgehead atoms. The summed E-state index contributed by atoms with van der Waals surface area (Å²) >= 11 is 0. The highest BCUT2D eigenvalue weighted by Crippen LogP contribution is 2.26. The van der Waals surface area contributed by atoms with E-state index in [2.05, 4.69) is 10.5 Å². The first-order chi connectivity index (χ1) is 10.0. The van der Waals surface area contributed by atoms with E-state index in [1.54, 1.807) is 7.11 Å². The van der Waals surface area contributed by atoms with Crippen molar-refractivity contribution in [3.8, 4) is 5.75 Å². The molecular formula is C16H22N2O3. The quantitative estimate of drug-likeness (QED) is 0.855. The van der Waals surface area contributed by atoms with Gasteiger partial charge in [-0.25, -0.2) is 0 Å². The second-order valence-corrected chi connectivity index (χ2v) is 5.19. The fraction of sp³-hybridized carbons (Fsp3) is 0.438. The number of aryl methyl sites for hydroxylation is 3. The Kier molecular flexibility index (Phi) is 4.98. The lowest BCUT2D eigenvalue weighted by atomic mass is 10.0. The van der Waals surface area contributed by atoms with Gasteiger partial charge in [0.1, 0.15) is 11.5 Å². The van der Waals surface area contributed by atoms with E-state index in [1.165, 1.54) is 0 Å². The van der Waals surface area contributed by atoms with Crippen LogP contribution in [-0.4, -0.2) is 23.9 Å². The molecule has 5 nitrogen and oxygen atoms in total. The first-order valence-electron chi connectivity index (χ1n) is 6.98. The maximum Gasteiger partial charge on any atom is 0.138 e. The standard InChI is InChI=1S/C16H22N2O3/c1-10-5-6-16(20-4)13(7-10)15(19)9-17-8-14-11(2)18-21-12(14)3/h5-7,15,17,19H,8-9H2,1-4H3. The maximum absolute atomic E-state index is 10.3. The molecule has 0 aliphatic heterocycles. The predicted octanol–water partition coefficient (Wildman–Crippen LogP) is 2.43. The molecule has 0 aliphatic carbocycles. The first-order valence-corrected chi connectivity index (χ1v) is 6.98. The molecule has 0 radical (unpaired) electrons. The van der Waals surface area contributed by atoms with Crippen molar-refractivity contribution in [1.82, 2.24) is 10.5 Å². The van der Waals surface area contributed by atoms with Crippen LogP contribution in [0.15, 0.2) is 22.7 Å². The molecule has 1 unspecified atom stereocenters. The van der Waals surface area contributed by atoms with Crippen molar-refractivity contribution in [3.63, 3.8) is 0 Å². The van der Waals surface area contributed by atoms with Crippen LogP contribution < -0.4 is 10.1 Å². The zero-order valence-electron chi connectivity index (χ0n) is 12.9. The van der Waals surface area contributed by atoms with Gasteiger partial charge in [-0.1, -0.05) is 16.8 Å². The molecule has 0 saturated heterocycles. The lowest BCUT2D eigenvalue weighted by Crippen LogP contribution is -2.22. The number of hydrogen-bond donors (Lipinski definition) is 2. The molecule has 1 atom stereocenters. The minimum absolute atomic E-state index is 0.434. The van der Waals surface area contributed by atoms with E-state index in [-0.39, 0.29) is 0 Å². The van der Waals surface area contributed by atoms with Crippen LogP contribution in [0.5, 0.6) is 5.75 Å². The zero-order valence-corrected chi connectivity index (χ0v) is 12.9. The van der Waals surface area contributed by atoms with Crippen molar-refractivity contribution in [2.24, 2.45) is 0 Å². The third-order valence-electron chi connectivity index (χ3n) is 3.56. The van der Waals surface area contributed by atoms with Crippen LogP contribution in [-0.2, 0) is 6.54 Å². The maximum atomic E-state index is 10.3. The van der Waals surface area contributed by atoms with Crippen molar-refractivity contribution >= 4 is 0 Å². The first kappa shape index (κ1) is 15.5. The molecule has 1 aromatic carbocycles. The number of nitrogens with zero attached hydrogens (tertiary/aromatic N) is 1. The van der Waals surface area contributed by atoms with Gasteiger partial charge in [0.25, 0.3) is 0 Å². The van der Waals surface area contributed by atoms with Gasteiger partial charge in [0, 0.05) is 24.2 Å². The topological polar surface area (TPSA) is 67.5 Å². The summed E-state index contributed by atoms with van der Waals surface area (Å²) in [7, 11) is 1.61. The van der Waals surface area contributed by atoms with Gasteiger partial charge in [-0.15, -0.1) is 0 Å². The summed E-state index contributed by atoms with van der Waals surface area (Å²) < 4.78 is 10.4. The second-order valence-electron chi connectivity index (χ2n) is 5.19. The van der Waals surface area contributed by atoms with Crippen molar-refractivity contribution in [1.29, 1.82) is 0 Å². The van der Waals surface area contributed by atoms with Crippen LogP contribution in [0, 0.1) is 20.8 Å². The predicted molar refractivity (Wildman–Crippen MR) is 80.4 cm³/mol. The number of methoxy groups -OCH3 is 1. The molecule has 2 N–H and O–H groups in total. The molecule has 0 amide bonds. The molecule has 1 aromatic heterocycles. The fourth-order valence-corrected chi connectivity index (χ4v) is 2.31. The molecular weight excluding hydrogens is 268 g/mol. The number of rotatable bonds is 6. The van der Waals surface area contributed by atoms with Crippen molar-refractivity contribution in [2.45, 2.75) is 33.4 Å². The van der Waals surface area contributed by atoms with Crippen molar-refractivity contribution in [2.75, 3.05) is 13.7 Å². The molecule has 21 heavy (non-hydrogen) atoms. The van der Waals surface area contributed by atoms with E-state index in [1.807, 2.05) is 39.0 Å². The molecule has 114 valence electrons. The minimum atomic E-state index is -0.625. The Morgan fingerprint density at radius 2 is 2.10 bits per heavy atom. The van der Waals surface area contributed by atoms with Crippen LogP contribution in [0.25, 0.3) is 0 Å². The van der Waals surface area contributed by atoms with Gasteiger partial charge in [0.15, 0.2) is 0 Å². The number of ether oxygens (including phenoxy) is 1. The number of aliphatic hydroxyl groups is 1. The molecule has 5 heteroatoms. The van der Waals surface area contributed by atoms with Gasteiger partial charge in [0.05, 0.1) is 18.9 Å². The van der Waals surface area contributed by atoms with Crippen LogP contribution in [0.4, 0.5) is 0 Å².